The zero-order valence-corrected chi connectivity index (χ0v) is 15.8. The van der Waals surface area contributed by atoms with Crippen molar-refractivity contribution in [1.29, 1.82) is 0 Å². The smallest absolute Gasteiger partial charge is 0.243 e. The first kappa shape index (κ1) is 19.5. The summed E-state index contributed by atoms with van der Waals surface area (Å²) in [6.45, 7) is 1.85. The molecule has 3 rings (SSSR count). The molecule has 1 aliphatic heterocycles. The predicted octanol–water partition coefficient (Wildman–Crippen LogP) is 2.91. The molecule has 146 valence electrons. The lowest BCUT2D eigenvalue weighted by Gasteiger charge is -2.28. The lowest BCUT2D eigenvalue weighted by molar-refractivity contribution is -0.136. The number of para-hydroxylation sites is 1. The van der Waals surface area contributed by atoms with E-state index < -0.39 is 11.7 Å². The molecule has 2 aromatic rings. The minimum Gasteiger partial charge on any atom is -0.336 e. The van der Waals surface area contributed by atoms with Gasteiger partial charge in [-0.15, -0.1) is 0 Å². The Kier molecular flexibility index (Phi) is 5.73. The lowest BCUT2D eigenvalue weighted by Crippen LogP contribution is -2.40. The molecule has 3 amide bonds. The van der Waals surface area contributed by atoms with E-state index in [9.17, 15) is 18.8 Å². The quantitative estimate of drug-likeness (QED) is 0.833. The van der Waals surface area contributed by atoms with Crippen LogP contribution in [-0.2, 0) is 20.8 Å². The number of nitrogens with zero attached hydrogens (tertiary/aromatic N) is 1. The molecule has 1 heterocycles. The summed E-state index contributed by atoms with van der Waals surface area (Å²) in [5.41, 5.74) is 2.57. The van der Waals surface area contributed by atoms with Crippen molar-refractivity contribution < 1.29 is 18.8 Å². The third-order valence-corrected chi connectivity index (χ3v) is 4.78. The fraction of sp³-hybridized carbons (Fsp3) is 0.286. The second-order valence-corrected chi connectivity index (χ2v) is 6.79. The second kappa shape index (κ2) is 8.21. The van der Waals surface area contributed by atoms with Gasteiger partial charge in [0.1, 0.15) is 5.82 Å². The molecular formula is C21H22FN3O3. The molecule has 0 radical (unpaired) electrons. The highest BCUT2D eigenvalue weighted by Crippen LogP contribution is 2.33. The molecule has 0 saturated carbocycles. The minimum atomic E-state index is -0.745. The normalized spacial score (nSPS) is 15.4. The number of halogens is 1. The predicted molar refractivity (Wildman–Crippen MR) is 104 cm³/mol. The standard InChI is InChI=1S/C21H22FN3O3/c1-3-13-6-4-5-7-17(13)23-20(27)12-25(2)21(28)16-11-19(26)24-18-10-14(22)8-9-15(16)18/h4-10,16H,3,11-12H2,1-2H3,(H,23,27)(H,24,26). The Balaban J connectivity index is 1.71. The van der Waals surface area contributed by atoms with E-state index >= 15 is 0 Å². The van der Waals surface area contributed by atoms with Crippen LogP contribution in [0.3, 0.4) is 0 Å². The first-order valence-corrected chi connectivity index (χ1v) is 9.11. The number of carbonyl (C=O) groups is 3. The van der Waals surface area contributed by atoms with Gasteiger partial charge in [-0.25, -0.2) is 4.39 Å². The maximum Gasteiger partial charge on any atom is 0.243 e. The fourth-order valence-electron chi connectivity index (χ4n) is 3.36. The van der Waals surface area contributed by atoms with Crippen molar-refractivity contribution in [3.63, 3.8) is 0 Å². The lowest BCUT2D eigenvalue weighted by atomic mass is 9.89. The molecule has 28 heavy (non-hydrogen) atoms. The molecule has 2 N–H and O–H groups in total. The van der Waals surface area contributed by atoms with Gasteiger partial charge in [0.15, 0.2) is 0 Å². The van der Waals surface area contributed by atoms with Crippen LogP contribution in [0.25, 0.3) is 0 Å². The zero-order valence-electron chi connectivity index (χ0n) is 15.8. The van der Waals surface area contributed by atoms with Crippen LogP contribution in [0.4, 0.5) is 15.8 Å². The van der Waals surface area contributed by atoms with Crippen LogP contribution in [0.2, 0.25) is 0 Å². The van der Waals surface area contributed by atoms with Gasteiger partial charge in [0.25, 0.3) is 0 Å². The molecule has 0 spiro atoms. The van der Waals surface area contributed by atoms with Crippen LogP contribution in [0.1, 0.15) is 30.4 Å². The second-order valence-electron chi connectivity index (χ2n) is 6.79. The monoisotopic (exact) mass is 383 g/mol. The van der Waals surface area contributed by atoms with Crippen molar-refractivity contribution >= 4 is 29.1 Å². The van der Waals surface area contributed by atoms with Gasteiger partial charge in [0.2, 0.25) is 17.7 Å². The summed E-state index contributed by atoms with van der Waals surface area (Å²) in [4.78, 5) is 38.5. The van der Waals surface area contributed by atoms with Gasteiger partial charge in [0.05, 0.1) is 12.5 Å². The summed E-state index contributed by atoms with van der Waals surface area (Å²) in [7, 11) is 1.52. The summed E-state index contributed by atoms with van der Waals surface area (Å²) in [6.07, 6.45) is 0.734. The SMILES string of the molecule is CCc1ccccc1NC(=O)CN(C)C(=O)C1CC(=O)Nc2cc(F)ccc21. The van der Waals surface area contributed by atoms with E-state index in [1.54, 1.807) is 0 Å². The van der Waals surface area contributed by atoms with E-state index in [4.69, 9.17) is 0 Å². The number of hydrogen-bond donors (Lipinski definition) is 2. The van der Waals surface area contributed by atoms with Gasteiger partial charge in [-0.1, -0.05) is 31.2 Å². The van der Waals surface area contributed by atoms with Gasteiger partial charge in [-0.3, -0.25) is 14.4 Å². The van der Waals surface area contributed by atoms with Crippen LogP contribution in [0.5, 0.6) is 0 Å². The van der Waals surface area contributed by atoms with Crippen LogP contribution < -0.4 is 10.6 Å². The Bertz CT molecular complexity index is 929. The Labute approximate surface area is 162 Å². The summed E-state index contributed by atoms with van der Waals surface area (Å²) >= 11 is 0. The number of amides is 3. The average molecular weight is 383 g/mol. The zero-order chi connectivity index (χ0) is 20.3. The molecular weight excluding hydrogens is 361 g/mol. The highest BCUT2D eigenvalue weighted by molar-refractivity contribution is 6.02. The van der Waals surface area contributed by atoms with Crippen molar-refractivity contribution in [1.82, 2.24) is 4.90 Å². The molecule has 7 heteroatoms. The number of aryl methyl sites for hydroxylation is 1. The summed E-state index contributed by atoms with van der Waals surface area (Å²) in [6, 6.07) is 11.4. The average Bonchev–Trinajstić information content (AvgIpc) is 2.66. The number of hydrogen-bond acceptors (Lipinski definition) is 3. The molecule has 0 bridgehead atoms. The Morgan fingerprint density at radius 3 is 2.75 bits per heavy atom. The fourth-order valence-corrected chi connectivity index (χ4v) is 3.36. The molecule has 1 aliphatic rings. The summed E-state index contributed by atoms with van der Waals surface area (Å²) in [5, 5.41) is 5.41. The maximum absolute atomic E-state index is 13.4. The Morgan fingerprint density at radius 2 is 2.00 bits per heavy atom. The van der Waals surface area contributed by atoms with Gasteiger partial charge in [-0.2, -0.15) is 0 Å². The maximum atomic E-state index is 13.4. The van der Waals surface area contributed by atoms with Crippen molar-refractivity contribution in [3.8, 4) is 0 Å². The van der Waals surface area contributed by atoms with Crippen LogP contribution >= 0.6 is 0 Å². The molecule has 0 aromatic heterocycles. The van der Waals surface area contributed by atoms with E-state index in [1.807, 2.05) is 31.2 Å². The highest BCUT2D eigenvalue weighted by atomic mass is 19.1. The van der Waals surface area contributed by atoms with Crippen molar-refractivity contribution in [2.24, 2.45) is 0 Å². The van der Waals surface area contributed by atoms with E-state index in [0.29, 0.717) is 16.9 Å². The highest BCUT2D eigenvalue weighted by Gasteiger charge is 2.33. The number of rotatable bonds is 5. The number of likely N-dealkylation sites (N-methyl/N-ethyl adjacent to an activating group) is 1. The largest absolute Gasteiger partial charge is 0.336 e. The third kappa shape index (κ3) is 4.19. The molecule has 1 atom stereocenters. The summed E-state index contributed by atoms with van der Waals surface area (Å²) in [5.74, 6) is -2.27. The van der Waals surface area contributed by atoms with Gasteiger partial charge in [0, 0.05) is 24.8 Å². The van der Waals surface area contributed by atoms with E-state index in [-0.39, 0.29) is 30.7 Å². The number of fused-ring (bicyclic) bond motifs is 1. The van der Waals surface area contributed by atoms with Crippen LogP contribution in [0.15, 0.2) is 42.5 Å². The third-order valence-electron chi connectivity index (χ3n) is 4.78. The molecule has 6 nitrogen and oxygen atoms in total. The van der Waals surface area contributed by atoms with Crippen LogP contribution in [0, 0.1) is 5.82 Å². The van der Waals surface area contributed by atoms with Crippen molar-refractivity contribution in [2.75, 3.05) is 24.2 Å². The first-order valence-electron chi connectivity index (χ1n) is 9.11. The molecule has 1 unspecified atom stereocenters. The van der Waals surface area contributed by atoms with E-state index in [2.05, 4.69) is 10.6 Å². The number of anilines is 2. The first-order chi connectivity index (χ1) is 13.4. The molecule has 0 saturated heterocycles. The minimum absolute atomic E-state index is 0.0396. The van der Waals surface area contributed by atoms with Gasteiger partial charge in [-0.05, 0) is 35.7 Å². The molecule has 2 aromatic carbocycles. The number of nitrogens with one attached hydrogen (secondary N) is 2. The van der Waals surface area contributed by atoms with Gasteiger partial charge < -0.3 is 15.5 Å². The van der Waals surface area contributed by atoms with E-state index in [0.717, 1.165) is 12.0 Å². The number of carbonyl (C=O) groups excluding carboxylic acids is 3. The van der Waals surface area contributed by atoms with Crippen molar-refractivity contribution in [2.45, 2.75) is 25.7 Å². The summed E-state index contributed by atoms with van der Waals surface area (Å²) < 4.78 is 13.4. The topological polar surface area (TPSA) is 78.5 Å². The van der Waals surface area contributed by atoms with Gasteiger partial charge >= 0.3 is 0 Å². The van der Waals surface area contributed by atoms with E-state index in [1.165, 1.54) is 30.1 Å². The molecule has 0 fully saturated rings. The Morgan fingerprint density at radius 1 is 1.25 bits per heavy atom. The van der Waals surface area contributed by atoms with Crippen molar-refractivity contribution in [3.05, 3.63) is 59.4 Å². The number of benzene rings is 2. The Hall–Kier alpha value is -3.22. The van der Waals surface area contributed by atoms with Crippen LogP contribution in [-0.4, -0.2) is 36.2 Å². The molecule has 0 aliphatic carbocycles.